The zero-order valence-electron chi connectivity index (χ0n) is 11.5. The number of aromatic nitrogens is 3. The van der Waals surface area contributed by atoms with E-state index in [0.29, 0.717) is 5.69 Å². The van der Waals surface area contributed by atoms with Crippen molar-refractivity contribution in [3.8, 4) is 0 Å². The van der Waals surface area contributed by atoms with E-state index in [1.54, 1.807) is 16.0 Å². The van der Waals surface area contributed by atoms with Gasteiger partial charge in [0.2, 0.25) is 0 Å². The van der Waals surface area contributed by atoms with Crippen LogP contribution in [-0.4, -0.2) is 34.1 Å². The highest BCUT2D eigenvalue weighted by atomic mass is 32.1. The SMILES string of the molecule is CC1=C(c2cc(C=O)nn2C)CN(c2nccs2)CC1. The third-order valence-corrected chi connectivity index (χ3v) is 4.47. The van der Waals surface area contributed by atoms with Gasteiger partial charge in [0.1, 0.15) is 5.69 Å². The third-order valence-electron chi connectivity index (χ3n) is 3.64. The Labute approximate surface area is 121 Å². The van der Waals surface area contributed by atoms with Crippen LogP contribution in [0.3, 0.4) is 0 Å². The van der Waals surface area contributed by atoms with Crippen molar-refractivity contribution in [1.82, 2.24) is 14.8 Å². The van der Waals surface area contributed by atoms with Crippen LogP contribution in [0.4, 0.5) is 5.13 Å². The molecule has 0 amide bonds. The molecular weight excluding hydrogens is 272 g/mol. The molecule has 0 spiro atoms. The summed E-state index contributed by atoms with van der Waals surface area (Å²) in [6.07, 6.45) is 3.64. The third kappa shape index (κ3) is 2.27. The lowest BCUT2D eigenvalue weighted by atomic mass is 9.99. The normalized spacial score (nSPS) is 15.8. The molecule has 0 aliphatic carbocycles. The van der Waals surface area contributed by atoms with E-state index in [9.17, 15) is 4.79 Å². The Kier molecular flexibility index (Phi) is 3.40. The van der Waals surface area contributed by atoms with Crippen LogP contribution in [0.1, 0.15) is 29.5 Å². The number of aryl methyl sites for hydroxylation is 1. The minimum Gasteiger partial charge on any atom is -0.343 e. The van der Waals surface area contributed by atoms with Crippen molar-refractivity contribution < 1.29 is 4.79 Å². The molecule has 3 heterocycles. The van der Waals surface area contributed by atoms with Gasteiger partial charge >= 0.3 is 0 Å². The average molecular weight is 288 g/mol. The van der Waals surface area contributed by atoms with Crippen molar-refractivity contribution in [3.05, 3.63) is 34.6 Å². The standard InChI is InChI=1S/C14H16N4OS/c1-10-3-5-18(14-15-4-6-20-14)8-12(10)13-7-11(9-19)16-17(13)2/h4,6-7,9H,3,5,8H2,1-2H3. The molecule has 0 N–H and O–H groups in total. The molecule has 2 aromatic rings. The number of rotatable bonds is 3. The topological polar surface area (TPSA) is 51.0 Å². The maximum absolute atomic E-state index is 10.9. The van der Waals surface area contributed by atoms with Gasteiger partial charge < -0.3 is 4.90 Å². The number of aldehydes is 1. The first-order valence-corrected chi connectivity index (χ1v) is 7.39. The van der Waals surface area contributed by atoms with Crippen molar-refractivity contribution in [3.63, 3.8) is 0 Å². The minimum absolute atomic E-state index is 0.481. The average Bonchev–Trinajstić information content (AvgIpc) is 3.09. The van der Waals surface area contributed by atoms with Gasteiger partial charge in [0, 0.05) is 31.7 Å². The number of anilines is 1. The Bertz CT molecular complexity index is 657. The molecule has 0 saturated carbocycles. The molecule has 1 aliphatic heterocycles. The van der Waals surface area contributed by atoms with Gasteiger partial charge in [-0.3, -0.25) is 9.48 Å². The summed E-state index contributed by atoms with van der Waals surface area (Å²) in [5, 5.41) is 7.25. The molecule has 20 heavy (non-hydrogen) atoms. The number of hydrogen-bond donors (Lipinski definition) is 0. The van der Waals surface area contributed by atoms with Crippen LogP contribution in [-0.2, 0) is 7.05 Å². The highest BCUT2D eigenvalue weighted by molar-refractivity contribution is 7.13. The van der Waals surface area contributed by atoms with E-state index in [2.05, 4.69) is 21.9 Å². The second kappa shape index (κ2) is 5.20. The van der Waals surface area contributed by atoms with Crippen LogP contribution in [0.2, 0.25) is 0 Å². The first kappa shape index (κ1) is 13.1. The number of carbonyl (C=O) groups excluding carboxylic acids is 1. The number of nitrogens with zero attached hydrogens (tertiary/aromatic N) is 4. The first-order valence-electron chi connectivity index (χ1n) is 6.51. The number of thiazole rings is 1. The lowest BCUT2D eigenvalue weighted by Gasteiger charge is -2.29. The van der Waals surface area contributed by atoms with E-state index >= 15 is 0 Å². The fraction of sp³-hybridized carbons (Fsp3) is 0.357. The predicted octanol–water partition coefficient (Wildman–Crippen LogP) is 2.37. The molecule has 0 aromatic carbocycles. The van der Waals surface area contributed by atoms with Crippen molar-refractivity contribution in [2.45, 2.75) is 13.3 Å². The molecule has 104 valence electrons. The smallest absolute Gasteiger partial charge is 0.185 e. The Morgan fingerprint density at radius 2 is 2.30 bits per heavy atom. The van der Waals surface area contributed by atoms with Crippen LogP contribution in [0.15, 0.2) is 23.2 Å². The molecule has 0 bridgehead atoms. The molecule has 0 atom stereocenters. The van der Waals surface area contributed by atoms with Crippen LogP contribution >= 0.6 is 11.3 Å². The van der Waals surface area contributed by atoms with E-state index in [1.807, 2.05) is 24.7 Å². The molecular formula is C14H16N4OS. The van der Waals surface area contributed by atoms with Gasteiger partial charge in [-0.25, -0.2) is 4.98 Å². The summed E-state index contributed by atoms with van der Waals surface area (Å²) in [6, 6.07) is 1.86. The van der Waals surface area contributed by atoms with Gasteiger partial charge in [0.05, 0.1) is 5.69 Å². The Hall–Kier alpha value is -1.95. The lowest BCUT2D eigenvalue weighted by molar-refractivity contribution is 0.111. The van der Waals surface area contributed by atoms with Gasteiger partial charge in [-0.15, -0.1) is 11.3 Å². The molecule has 6 heteroatoms. The fourth-order valence-electron chi connectivity index (χ4n) is 2.52. The molecule has 3 rings (SSSR count). The van der Waals surface area contributed by atoms with E-state index in [4.69, 9.17) is 0 Å². The summed E-state index contributed by atoms with van der Waals surface area (Å²) >= 11 is 1.66. The van der Waals surface area contributed by atoms with Gasteiger partial charge in [0.25, 0.3) is 0 Å². The predicted molar refractivity (Wildman–Crippen MR) is 80.1 cm³/mol. The van der Waals surface area contributed by atoms with Gasteiger partial charge in [-0.1, -0.05) is 5.57 Å². The zero-order valence-corrected chi connectivity index (χ0v) is 12.4. The number of carbonyl (C=O) groups is 1. The minimum atomic E-state index is 0.481. The van der Waals surface area contributed by atoms with Crippen molar-refractivity contribution in [1.29, 1.82) is 0 Å². The van der Waals surface area contributed by atoms with Crippen molar-refractivity contribution >= 4 is 28.3 Å². The monoisotopic (exact) mass is 288 g/mol. The molecule has 0 saturated heterocycles. The Morgan fingerprint density at radius 1 is 1.45 bits per heavy atom. The maximum atomic E-state index is 10.9. The summed E-state index contributed by atoms with van der Waals surface area (Å²) in [5.41, 5.74) is 4.10. The highest BCUT2D eigenvalue weighted by Crippen LogP contribution is 2.30. The Balaban J connectivity index is 1.94. The quantitative estimate of drug-likeness (QED) is 0.814. The summed E-state index contributed by atoms with van der Waals surface area (Å²) in [7, 11) is 1.88. The van der Waals surface area contributed by atoms with Crippen molar-refractivity contribution in [2.24, 2.45) is 7.05 Å². The molecule has 0 radical (unpaired) electrons. The van der Waals surface area contributed by atoms with Gasteiger partial charge in [-0.05, 0) is 25.0 Å². The summed E-state index contributed by atoms with van der Waals surface area (Å²) < 4.78 is 1.79. The lowest BCUT2D eigenvalue weighted by Crippen LogP contribution is -2.31. The van der Waals surface area contributed by atoms with E-state index in [0.717, 1.165) is 36.6 Å². The zero-order chi connectivity index (χ0) is 14.1. The summed E-state index contributed by atoms with van der Waals surface area (Å²) in [4.78, 5) is 17.5. The molecule has 1 aliphatic rings. The van der Waals surface area contributed by atoms with Crippen LogP contribution < -0.4 is 4.90 Å². The van der Waals surface area contributed by atoms with Crippen LogP contribution in [0, 0.1) is 0 Å². The van der Waals surface area contributed by atoms with E-state index in [-0.39, 0.29) is 0 Å². The molecule has 0 fully saturated rings. The molecule has 5 nitrogen and oxygen atoms in total. The molecule has 0 unspecified atom stereocenters. The highest BCUT2D eigenvalue weighted by Gasteiger charge is 2.22. The first-order chi connectivity index (χ1) is 9.69. The maximum Gasteiger partial charge on any atom is 0.185 e. The summed E-state index contributed by atoms with van der Waals surface area (Å²) in [6.45, 7) is 3.96. The van der Waals surface area contributed by atoms with Crippen LogP contribution in [0.25, 0.3) is 5.57 Å². The van der Waals surface area contributed by atoms with Crippen molar-refractivity contribution in [2.75, 3.05) is 18.0 Å². The van der Waals surface area contributed by atoms with Crippen LogP contribution in [0.5, 0.6) is 0 Å². The Morgan fingerprint density at radius 3 is 2.95 bits per heavy atom. The second-order valence-electron chi connectivity index (χ2n) is 4.94. The van der Waals surface area contributed by atoms with E-state index < -0.39 is 0 Å². The van der Waals surface area contributed by atoms with E-state index in [1.165, 1.54) is 11.1 Å². The number of hydrogen-bond acceptors (Lipinski definition) is 5. The summed E-state index contributed by atoms with van der Waals surface area (Å²) in [5.74, 6) is 0. The van der Waals surface area contributed by atoms with Gasteiger partial charge in [0.15, 0.2) is 11.4 Å². The largest absolute Gasteiger partial charge is 0.343 e. The fourth-order valence-corrected chi connectivity index (χ4v) is 3.19. The van der Waals surface area contributed by atoms with Gasteiger partial charge in [-0.2, -0.15) is 5.10 Å². The molecule has 2 aromatic heterocycles. The second-order valence-corrected chi connectivity index (χ2v) is 5.81.